The molecule has 0 bridgehead atoms. The molecule has 1 aromatic carbocycles. The van der Waals surface area contributed by atoms with Crippen LogP contribution in [0.15, 0.2) is 36.1 Å². The van der Waals surface area contributed by atoms with Gasteiger partial charge in [-0.3, -0.25) is 0 Å². The van der Waals surface area contributed by atoms with Crippen LogP contribution in [0.2, 0.25) is 0 Å². The molecule has 0 aromatic heterocycles. The highest BCUT2D eigenvalue weighted by Crippen LogP contribution is 2.55. The Morgan fingerprint density at radius 3 is 1.90 bits per heavy atom. The number of allylic oxidation sites excluding steroid dienone is 2. The van der Waals surface area contributed by atoms with Gasteiger partial charge in [0.05, 0.1) is 11.6 Å². The van der Waals surface area contributed by atoms with Gasteiger partial charge in [0.1, 0.15) is 5.75 Å². The summed E-state index contributed by atoms with van der Waals surface area (Å²) < 4.78 is 82.4. The van der Waals surface area contributed by atoms with Crippen LogP contribution in [0.4, 0.5) is 26.3 Å². The van der Waals surface area contributed by atoms with Crippen LogP contribution in [0.25, 0.3) is 0 Å². The first kappa shape index (κ1) is 14.2. The molecule has 0 saturated heterocycles. The van der Waals surface area contributed by atoms with E-state index in [0.29, 0.717) is 0 Å². The predicted octanol–water partition coefficient (Wildman–Crippen LogP) is 3.74. The second-order valence-corrected chi connectivity index (χ2v) is 4.02. The van der Waals surface area contributed by atoms with Crippen molar-refractivity contribution in [2.75, 3.05) is 0 Å². The van der Waals surface area contributed by atoms with Gasteiger partial charge in [-0.05, 0) is 24.3 Å². The average molecular weight is 293 g/mol. The summed E-state index contributed by atoms with van der Waals surface area (Å²) in [7, 11) is 0. The monoisotopic (exact) mass is 293 g/mol. The quantitative estimate of drug-likeness (QED) is 0.778. The van der Waals surface area contributed by atoms with E-state index in [1.165, 1.54) is 12.1 Å². The van der Waals surface area contributed by atoms with Gasteiger partial charge < -0.3 is 4.74 Å². The number of benzene rings is 1. The third-order valence-corrected chi connectivity index (χ3v) is 2.65. The van der Waals surface area contributed by atoms with Crippen LogP contribution in [0.5, 0.6) is 5.75 Å². The van der Waals surface area contributed by atoms with E-state index in [9.17, 15) is 26.3 Å². The van der Waals surface area contributed by atoms with Gasteiger partial charge in [0.15, 0.2) is 5.76 Å². The molecule has 1 aromatic rings. The van der Waals surface area contributed by atoms with E-state index in [0.717, 1.165) is 12.1 Å². The Bertz CT molecular complexity index is 599. The van der Waals surface area contributed by atoms with Crippen molar-refractivity contribution >= 4 is 0 Å². The van der Waals surface area contributed by atoms with Crippen molar-refractivity contribution in [1.29, 1.82) is 5.26 Å². The van der Waals surface area contributed by atoms with Gasteiger partial charge in [-0.1, -0.05) is 0 Å². The Balaban J connectivity index is 2.32. The minimum absolute atomic E-state index is 0.167. The highest BCUT2D eigenvalue weighted by atomic mass is 19.3. The molecule has 1 aliphatic carbocycles. The maximum atomic E-state index is 13.2. The van der Waals surface area contributed by atoms with Crippen molar-refractivity contribution in [2.45, 2.75) is 17.8 Å². The lowest BCUT2D eigenvalue weighted by molar-refractivity contribution is -0.267. The van der Waals surface area contributed by atoms with E-state index in [2.05, 4.69) is 4.74 Å². The molecular formula is C12H5F6NO. The molecule has 0 unspecified atom stereocenters. The lowest BCUT2D eigenvalue weighted by Crippen LogP contribution is -2.49. The molecule has 2 nitrogen and oxygen atoms in total. The summed E-state index contributed by atoms with van der Waals surface area (Å²) in [6.07, 6.45) is -0.592. The van der Waals surface area contributed by atoms with E-state index >= 15 is 0 Å². The van der Waals surface area contributed by atoms with Crippen molar-refractivity contribution < 1.29 is 31.1 Å². The maximum absolute atomic E-state index is 13.2. The fraction of sp³-hybridized carbons (Fsp3) is 0.250. The number of nitriles is 1. The van der Waals surface area contributed by atoms with Gasteiger partial charge in [-0.25, -0.2) is 0 Å². The van der Waals surface area contributed by atoms with E-state index < -0.39 is 29.6 Å². The normalized spacial score (nSPS) is 21.9. The molecule has 8 heteroatoms. The van der Waals surface area contributed by atoms with E-state index in [4.69, 9.17) is 5.26 Å². The number of halogens is 6. The molecule has 0 spiro atoms. The largest absolute Gasteiger partial charge is 0.455 e. The molecule has 1 aliphatic rings. The Morgan fingerprint density at radius 1 is 0.950 bits per heavy atom. The third-order valence-electron chi connectivity index (χ3n) is 2.65. The molecule has 0 radical (unpaired) electrons. The highest BCUT2D eigenvalue weighted by molar-refractivity contribution is 5.37. The van der Waals surface area contributed by atoms with Crippen LogP contribution in [-0.4, -0.2) is 17.8 Å². The molecule has 0 N–H and O–H groups in total. The summed E-state index contributed by atoms with van der Waals surface area (Å²) in [6, 6.07) is 6.13. The van der Waals surface area contributed by atoms with Crippen molar-refractivity contribution in [3.8, 4) is 11.8 Å². The topological polar surface area (TPSA) is 33.0 Å². The minimum atomic E-state index is -5.55. The van der Waals surface area contributed by atoms with Crippen LogP contribution in [0.3, 0.4) is 0 Å². The molecule has 0 heterocycles. The van der Waals surface area contributed by atoms with Crippen LogP contribution in [0, 0.1) is 11.3 Å². The smallest absolute Gasteiger partial charge is 0.383 e. The molecule has 0 saturated carbocycles. The molecule has 0 atom stereocenters. The Hall–Kier alpha value is -2.17. The summed E-state index contributed by atoms with van der Waals surface area (Å²) in [6.45, 7) is 0. The predicted molar refractivity (Wildman–Crippen MR) is 54.7 cm³/mol. The summed E-state index contributed by atoms with van der Waals surface area (Å²) in [4.78, 5) is 0. The second kappa shape index (κ2) is 4.16. The fourth-order valence-corrected chi connectivity index (χ4v) is 1.53. The highest BCUT2D eigenvalue weighted by Gasteiger charge is 2.78. The van der Waals surface area contributed by atoms with Gasteiger partial charge >= 0.3 is 17.8 Å². The number of rotatable bonds is 2. The molecule has 106 valence electrons. The first-order chi connectivity index (χ1) is 9.12. The Labute approximate surface area is 108 Å². The summed E-state index contributed by atoms with van der Waals surface area (Å²) >= 11 is 0. The zero-order chi connectivity index (χ0) is 15.2. The first-order valence-electron chi connectivity index (χ1n) is 5.16. The zero-order valence-electron chi connectivity index (χ0n) is 9.51. The van der Waals surface area contributed by atoms with Gasteiger partial charge in [-0.15, -0.1) is 0 Å². The zero-order valence-corrected chi connectivity index (χ0v) is 9.51. The molecule has 0 aliphatic heterocycles. The number of hydrogen-bond donors (Lipinski definition) is 0. The third kappa shape index (κ3) is 1.90. The number of ether oxygens (including phenoxy) is 1. The standard InChI is InChI=1S/C12H5F6NO/c13-10(14)5-9(11(15,16)12(10,17)18)20-8-3-1-7(6-19)2-4-8/h1-5H. The Kier molecular flexibility index (Phi) is 2.96. The van der Waals surface area contributed by atoms with E-state index in [-0.39, 0.29) is 11.3 Å². The summed E-state index contributed by atoms with van der Waals surface area (Å²) in [5.41, 5.74) is 0.167. The maximum Gasteiger partial charge on any atom is 0.383 e. The van der Waals surface area contributed by atoms with Gasteiger partial charge in [0.2, 0.25) is 0 Å². The molecule has 0 fully saturated rings. The van der Waals surface area contributed by atoms with Gasteiger partial charge in [-0.2, -0.15) is 31.6 Å². The Morgan fingerprint density at radius 2 is 1.50 bits per heavy atom. The molecule has 2 rings (SSSR count). The lowest BCUT2D eigenvalue weighted by Gasteiger charge is -2.24. The summed E-state index contributed by atoms with van der Waals surface area (Å²) in [5, 5.41) is 8.51. The second-order valence-electron chi connectivity index (χ2n) is 4.02. The number of hydrogen-bond acceptors (Lipinski definition) is 2. The van der Waals surface area contributed by atoms with Crippen molar-refractivity contribution in [1.82, 2.24) is 0 Å². The SMILES string of the molecule is N#Cc1ccc(OC2=CC(F)(F)C(F)(F)C2(F)F)cc1. The van der Waals surface area contributed by atoms with Crippen LogP contribution in [-0.2, 0) is 0 Å². The molecule has 20 heavy (non-hydrogen) atoms. The minimum Gasteiger partial charge on any atom is -0.455 e. The van der Waals surface area contributed by atoms with Gasteiger partial charge in [0, 0.05) is 6.08 Å². The molecule has 0 amide bonds. The lowest BCUT2D eigenvalue weighted by atomic mass is 10.1. The average Bonchev–Trinajstić information content (AvgIpc) is 2.48. The van der Waals surface area contributed by atoms with Crippen LogP contribution in [0.1, 0.15) is 5.56 Å². The molecular weight excluding hydrogens is 288 g/mol. The first-order valence-corrected chi connectivity index (χ1v) is 5.16. The van der Waals surface area contributed by atoms with Crippen molar-refractivity contribution in [2.24, 2.45) is 0 Å². The van der Waals surface area contributed by atoms with Crippen molar-refractivity contribution in [3.05, 3.63) is 41.7 Å². The summed E-state index contributed by atoms with van der Waals surface area (Å²) in [5.74, 6) is -17.9. The van der Waals surface area contributed by atoms with Gasteiger partial charge in [0.25, 0.3) is 0 Å². The van der Waals surface area contributed by atoms with E-state index in [1.807, 2.05) is 0 Å². The van der Waals surface area contributed by atoms with Crippen LogP contribution >= 0.6 is 0 Å². The number of alkyl halides is 6. The van der Waals surface area contributed by atoms with E-state index in [1.54, 1.807) is 6.07 Å². The number of nitrogens with zero attached hydrogens (tertiary/aromatic N) is 1. The fourth-order valence-electron chi connectivity index (χ4n) is 1.53. The van der Waals surface area contributed by atoms with Crippen molar-refractivity contribution in [3.63, 3.8) is 0 Å². The van der Waals surface area contributed by atoms with Crippen LogP contribution < -0.4 is 4.74 Å².